The zero-order valence-corrected chi connectivity index (χ0v) is 15.7. The predicted molar refractivity (Wildman–Crippen MR) is 101 cm³/mol. The molecule has 1 amide bonds. The fourth-order valence-corrected chi connectivity index (χ4v) is 3.25. The second kappa shape index (κ2) is 8.21. The van der Waals surface area contributed by atoms with Gasteiger partial charge in [-0.15, -0.1) is 0 Å². The lowest BCUT2D eigenvalue weighted by molar-refractivity contribution is 0.0592. The van der Waals surface area contributed by atoms with Crippen LogP contribution in [-0.2, 0) is 0 Å². The lowest BCUT2D eigenvalue weighted by Crippen LogP contribution is -2.41. The molecule has 0 unspecified atom stereocenters. The zero-order valence-electron chi connectivity index (χ0n) is 15.7. The minimum Gasteiger partial charge on any atom is -0.490 e. The third-order valence-electron chi connectivity index (χ3n) is 4.70. The van der Waals surface area contributed by atoms with Crippen LogP contribution in [0.15, 0.2) is 36.5 Å². The average Bonchev–Trinajstić information content (AvgIpc) is 2.66. The van der Waals surface area contributed by atoms with Crippen LogP contribution in [0.25, 0.3) is 0 Å². The number of nitrogens with zero attached hydrogens (tertiary/aromatic N) is 2. The molecule has 5 nitrogen and oxygen atoms in total. The number of pyridine rings is 1. The number of aryl methyl sites for hydroxylation is 2. The highest BCUT2D eigenvalue weighted by molar-refractivity contribution is 5.94. The van der Waals surface area contributed by atoms with E-state index in [1.807, 2.05) is 17.9 Å². The van der Waals surface area contributed by atoms with Crippen molar-refractivity contribution in [3.63, 3.8) is 0 Å². The molecule has 1 aliphatic rings. The van der Waals surface area contributed by atoms with Crippen LogP contribution in [0.2, 0.25) is 0 Å². The van der Waals surface area contributed by atoms with Gasteiger partial charge in [-0.3, -0.25) is 4.79 Å². The Morgan fingerprint density at radius 2 is 1.85 bits per heavy atom. The SMILES string of the molecule is CCOc1ccc(C(=O)N2CCC(Oc3c(C)cccc3C)CC2)cn1. The van der Waals surface area contributed by atoms with E-state index in [-0.39, 0.29) is 12.0 Å². The fraction of sp³-hybridized carbons (Fsp3) is 0.429. The topological polar surface area (TPSA) is 51.7 Å². The van der Waals surface area contributed by atoms with Crippen molar-refractivity contribution < 1.29 is 14.3 Å². The Labute approximate surface area is 155 Å². The summed E-state index contributed by atoms with van der Waals surface area (Å²) in [5.41, 5.74) is 2.91. The predicted octanol–water partition coefficient (Wildman–Crippen LogP) is 3.78. The molecule has 138 valence electrons. The zero-order chi connectivity index (χ0) is 18.5. The van der Waals surface area contributed by atoms with E-state index in [0.29, 0.717) is 31.1 Å². The summed E-state index contributed by atoms with van der Waals surface area (Å²) in [4.78, 5) is 18.7. The van der Waals surface area contributed by atoms with Crippen LogP contribution in [0.3, 0.4) is 0 Å². The summed E-state index contributed by atoms with van der Waals surface area (Å²) in [5, 5.41) is 0. The summed E-state index contributed by atoms with van der Waals surface area (Å²) in [7, 11) is 0. The number of aromatic nitrogens is 1. The van der Waals surface area contributed by atoms with Gasteiger partial charge in [0.05, 0.1) is 12.2 Å². The van der Waals surface area contributed by atoms with Gasteiger partial charge in [0.2, 0.25) is 5.88 Å². The van der Waals surface area contributed by atoms with Crippen LogP contribution in [0.1, 0.15) is 41.3 Å². The lowest BCUT2D eigenvalue weighted by Gasteiger charge is -2.32. The first-order valence-electron chi connectivity index (χ1n) is 9.19. The van der Waals surface area contributed by atoms with Gasteiger partial charge in [-0.25, -0.2) is 4.98 Å². The Bertz CT molecular complexity index is 730. The minimum atomic E-state index is 0.0195. The number of benzene rings is 1. The molecule has 26 heavy (non-hydrogen) atoms. The normalized spacial score (nSPS) is 15.0. The van der Waals surface area contributed by atoms with Gasteiger partial charge in [0.1, 0.15) is 11.9 Å². The van der Waals surface area contributed by atoms with Crippen LogP contribution in [0, 0.1) is 13.8 Å². The Morgan fingerprint density at radius 3 is 2.42 bits per heavy atom. The Balaban J connectivity index is 1.57. The van der Waals surface area contributed by atoms with Gasteiger partial charge in [-0.2, -0.15) is 0 Å². The summed E-state index contributed by atoms with van der Waals surface area (Å²) >= 11 is 0. The monoisotopic (exact) mass is 354 g/mol. The van der Waals surface area contributed by atoms with Crippen LogP contribution >= 0.6 is 0 Å². The van der Waals surface area contributed by atoms with Crippen molar-refractivity contribution in [2.75, 3.05) is 19.7 Å². The van der Waals surface area contributed by atoms with E-state index < -0.39 is 0 Å². The summed E-state index contributed by atoms with van der Waals surface area (Å²) < 4.78 is 11.5. The number of hydrogen-bond acceptors (Lipinski definition) is 4. The number of carbonyl (C=O) groups is 1. The van der Waals surface area contributed by atoms with Gasteiger partial charge in [-0.1, -0.05) is 18.2 Å². The summed E-state index contributed by atoms with van der Waals surface area (Å²) in [6.45, 7) is 8.00. The van der Waals surface area contributed by atoms with E-state index in [2.05, 4.69) is 31.0 Å². The van der Waals surface area contributed by atoms with E-state index in [0.717, 1.165) is 29.7 Å². The number of ether oxygens (including phenoxy) is 2. The number of para-hydroxylation sites is 1. The summed E-state index contributed by atoms with van der Waals surface area (Å²) in [6, 6.07) is 9.70. The first kappa shape index (κ1) is 18.2. The standard InChI is InChI=1S/C21H26N2O3/c1-4-25-19-9-8-17(14-22-19)21(24)23-12-10-18(11-13-23)26-20-15(2)6-5-7-16(20)3/h5-9,14,18H,4,10-13H2,1-3H3. The van der Waals surface area contributed by atoms with Crippen molar-refractivity contribution in [2.45, 2.75) is 39.7 Å². The molecule has 2 aromatic rings. The maximum Gasteiger partial charge on any atom is 0.255 e. The molecule has 3 rings (SSSR count). The van der Waals surface area contributed by atoms with Crippen molar-refractivity contribution in [3.8, 4) is 11.6 Å². The molecule has 0 saturated carbocycles. The molecule has 0 bridgehead atoms. The number of rotatable bonds is 5. The van der Waals surface area contributed by atoms with E-state index >= 15 is 0 Å². The van der Waals surface area contributed by atoms with Crippen LogP contribution in [0.5, 0.6) is 11.6 Å². The first-order valence-corrected chi connectivity index (χ1v) is 9.19. The fourth-order valence-electron chi connectivity index (χ4n) is 3.25. The molecule has 2 heterocycles. The number of amides is 1. The van der Waals surface area contributed by atoms with Crippen LogP contribution in [0.4, 0.5) is 0 Å². The Kier molecular flexibility index (Phi) is 5.76. The maximum atomic E-state index is 12.6. The summed E-state index contributed by atoms with van der Waals surface area (Å²) in [5.74, 6) is 1.55. The molecule has 1 fully saturated rings. The second-order valence-corrected chi connectivity index (χ2v) is 6.65. The lowest BCUT2D eigenvalue weighted by atomic mass is 10.1. The highest BCUT2D eigenvalue weighted by Gasteiger charge is 2.25. The van der Waals surface area contributed by atoms with Crippen molar-refractivity contribution >= 4 is 5.91 Å². The molecule has 1 aromatic carbocycles. The van der Waals surface area contributed by atoms with Crippen LogP contribution in [-0.4, -0.2) is 41.6 Å². The van der Waals surface area contributed by atoms with Gasteiger partial charge in [0, 0.05) is 38.2 Å². The molecule has 1 aliphatic heterocycles. The van der Waals surface area contributed by atoms with Crippen molar-refractivity contribution in [3.05, 3.63) is 53.2 Å². The van der Waals surface area contributed by atoms with Gasteiger partial charge in [-0.05, 0) is 38.0 Å². The Morgan fingerprint density at radius 1 is 1.15 bits per heavy atom. The molecule has 0 radical (unpaired) electrons. The van der Waals surface area contributed by atoms with E-state index in [4.69, 9.17) is 9.47 Å². The molecule has 0 N–H and O–H groups in total. The molecule has 0 spiro atoms. The molecule has 5 heteroatoms. The van der Waals surface area contributed by atoms with E-state index in [1.54, 1.807) is 18.3 Å². The Hall–Kier alpha value is -2.56. The molecule has 0 aliphatic carbocycles. The smallest absolute Gasteiger partial charge is 0.255 e. The molecule has 1 aromatic heterocycles. The molecule has 0 atom stereocenters. The largest absolute Gasteiger partial charge is 0.490 e. The second-order valence-electron chi connectivity index (χ2n) is 6.65. The van der Waals surface area contributed by atoms with Gasteiger partial charge < -0.3 is 14.4 Å². The molecular formula is C21H26N2O3. The highest BCUT2D eigenvalue weighted by Crippen LogP contribution is 2.26. The van der Waals surface area contributed by atoms with Crippen molar-refractivity contribution in [1.82, 2.24) is 9.88 Å². The van der Waals surface area contributed by atoms with Gasteiger partial charge in [0.25, 0.3) is 5.91 Å². The van der Waals surface area contributed by atoms with E-state index in [1.165, 1.54) is 0 Å². The molecular weight excluding hydrogens is 328 g/mol. The maximum absolute atomic E-state index is 12.6. The third kappa shape index (κ3) is 4.15. The number of carbonyl (C=O) groups excluding carboxylic acids is 1. The average molecular weight is 354 g/mol. The highest BCUT2D eigenvalue weighted by atomic mass is 16.5. The van der Waals surface area contributed by atoms with Gasteiger partial charge >= 0.3 is 0 Å². The number of hydrogen-bond donors (Lipinski definition) is 0. The third-order valence-corrected chi connectivity index (χ3v) is 4.70. The first-order chi connectivity index (χ1) is 12.6. The van der Waals surface area contributed by atoms with Crippen LogP contribution < -0.4 is 9.47 Å². The minimum absolute atomic E-state index is 0.0195. The van der Waals surface area contributed by atoms with E-state index in [9.17, 15) is 4.79 Å². The summed E-state index contributed by atoms with van der Waals surface area (Å²) in [6.07, 6.45) is 3.41. The molecule has 1 saturated heterocycles. The quantitative estimate of drug-likeness (QED) is 0.820. The number of likely N-dealkylation sites (tertiary alicyclic amines) is 1. The van der Waals surface area contributed by atoms with Crippen molar-refractivity contribution in [1.29, 1.82) is 0 Å². The number of piperidine rings is 1. The van der Waals surface area contributed by atoms with Gasteiger partial charge in [0.15, 0.2) is 0 Å². The van der Waals surface area contributed by atoms with Crippen molar-refractivity contribution in [2.24, 2.45) is 0 Å².